The van der Waals surface area contributed by atoms with Crippen LogP contribution >= 0.6 is 15.9 Å². The van der Waals surface area contributed by atoms with Crippen LogP contribution in [0, 0.1) is 6.92 Å². The summed E-state index contributed by atoms with van der Waals surface area (Å²) in [5.41, 5.74) is 11.4. The molecule has 4 nitrogen and oxygen atoms in total. The first-order valence-corrected chi connectivity index (χ1v) is 7.08. The number of rotatable bonds is 2. The van der Waals surface area contributed by atoms with E-state index in [4.69, 9.17) is 5.73 Å². The molecule has 2 aromatic rings. The summed E-state index contributed by atoms with van der Waals surface area (Å²) in [6.07, 6.45) is 0.399. The molecule has 5 heteroatoms. The number of carbonyl (C=O) groups excluding carboxylic acids is 1. The number of halogens is 1. The molecule has 2 aromatic carbocycles. The van der Waals surface area contributed by atoms with Crippen LogP contribution in [0.25, 0.3) is 0 Å². The first-order chi connectivity index (χ1) is 9.54. The van der Waals surface area contributed by atoms with Gasteiger partial charge in [0.05, 0.1) is 17.8 Å². The molecule has 0 aromatic heterocycles. The van der Waals surface area contributed by atoms with Crippen molar-refractivity contribution in [2.24, 2.45) is 0 Å². The first kappa shape index (κ1) is 13.0. The second-order valence-electron chi connectivity index (χ2n) is 4.86. The van der Waals surface area contributed by atoms with Crippen molar-refractivity contribution in [2.45, 2.75) is 13.3 Å². The van der Waals surface area contributed by atoms with Crippen LogP contribution in [0.5, 0.6) is 0 Å². The Morgan fingerprint density at radius 2 is 2.10 bits per heavy atom. The van der Waals surface area contributed by atoms with Crippen molar-refractivity contribution in [1.82, 2.24) is 0 Å². The summed E-state index contributed by atoms with van der Waals surface area (Å²) in [6, 6.07) is 9.68. The van der Waals surface area contributed by atoms with E-state index in [9.17, 15) is 4.79 Å². The molecule has 0 bridgehead atoms. The molecule has 102 valence electrons. The van der Waals surface area contributed by atoms with Crippen LogP contribution < -0.4 is 16.4 Å². The van der Waals surface area contributed by atoms with Crippen molar-refractivity contribution >= 4 is 44.6 Å². The zero-order valence-electron chi connectivity index (χ0n) is 11.0. The number of nitrogen functional groups attached to an aromatic ring is 1. The van der Waals surface area contributed by atoms with E-state index in [1.807, 2.05) is 37.3 Å². The van der Waals surface area contributed by atoms with Crippen LogP contribution in [-0.2, 0) is 11.2 Å². The summed E-state index contributed by atoms with van der Waals surface area (Å²) >= 11 is 3.51. The highest BCUT2D eigenvalue weighted by atomic mass is 79.9. The molecule has 0 unspecified atom stereocenters. The van der Waals surface area contributed by atoms with Gasteiger partial charge in [0.1, 0.15) is 0 Å². The summed E-state index contributed by atoms with van der Waals surface area (Å²) in [5.74, 6) is 0.00943. The molecule has 0 spiro atoms. The quantitative estimate of drug-likeness (QED) is 0.737. The third kappa shape index (κ3) is 2.25. The van der Waals surface area contributed by atoms with Gasteiger partial charge in [0.25, 0.3) is 0 Å². The predicted octanol–water partition coefficient (Wildman–Crippen LogP) is 3.58. The molecular formula is C15H14BrN3O. The van der Waals surface area contributed by atoms with Gasteiger partial charge in [-0.3, -0.25) is 4.79 Å². The molecule has 0 atom stereocenters. The van der Waals surface area contributed by atoms with E-state index in [1.165, 1.54) is 0 Å². The number of amides is 1. The minimum atomic E-state index is 0.00943. The van der Waals surface area contributed by atoms with Crippen LogP contribution in [0.3, 0.4) is 0 Å². The maximum Gasteiger partial charge on any atom is 0.228 e. The summed E-state index contributed by atoms with van der Waals surface area (Å²) in [7, 11) is 0. The molecule has 3 rings (SSSR count). The number of nitrogens with two attached hydrogens (primary N) is 1. The van der Waals surface area contributed by atoms with Crippen molar-refractivity contribution in [1.29, 1.82) is 0 Å². The molecule has 1 heterocycles. The fourth-order valence-corrected chi connectivity index (χ4v) is 2.66. The van der Waals surface area contributed by atoms with Gasteiger partial charge in [-0.25, -0.2) is 0 Å². The molecular weight excluding hydrogens is 318 g/mol. The molecule has 0 radical (unpaired) electrons. The van der Waals surface area contributed by atoms with Crippen molar-refractivity contribution < 1.29 is 4.79 Å². The van der Waals surface area contributed by atoms with E-state index in [2.05, 4.69) is 26.6 Å². The minimum absolute atomic E-state index is 0.00943. The van der Waals surface area contributed by atoms with Gasteiger partial charge in [-0.2, -0.15) is 0 Å². The van der Waals surface area contributed by atoms with E-state index in [1.54, 1.807) is 0 Å². The van der Waals surface area contributed by atoms with E-state index >= 15 is 0 Å². The van der Waals surface area contributed by atoms with Gasteiger partial charge in [-0.15, -0.1) is 0 Å². The summed E-state index contributed by atoms with van der Waals surface area (Å²) < 4.78 is 1.04. The smallest absolute Gasteiger partial charge is 0.228 e. The Kier molecular flexibility index (Phi) is 3.14. The molecule has 1 aliphatic heterocycles. The Morgan fingerprint density at radius 1 is 1.30 bits per heavy atom. The second kappa shape index (κ2) is 4.83. The lowest BCUT2D eigenvalue weighted by atomic mass is 10.1. The molecule has 0 saturated carbocycles. The number of hydrogen-bond acceptors (Lipinski definition) is 3. The number of carbonyl (C=O) groups is 1. The summed E-state index contributed by atoms with van der Waals surface area (Å²) in [5, 5.41) is 6.15. The Labute approximate surface area is 125 Å². The van der Waals surface area contributed by atoms with Gasteiger partial charge >= 0.3 is 0 Å². The highest BCUT2D eigenvalue weighted by molar-refractivity contribution is 9.10. The van der Waals surface area contributed by atoms with Crippen molar-refractivity contribution in [2.75, 3.05) is 16.4 Å². The average Bonchev–Trinajstić information content (AvgIpc) is 2.74. The number of anilines is 4. The molecule has 4 N–H and O–H groups in total. The molecule has 20 heavy (non-hydrogen) atoms. The van der Waals surface area contributed by atoms with Gasteiger partial charge in [-0.1, -0.05) is 22.0 Å². The topological polar surface area (TPSA) is 67.1 Å². The standard InChI is InChI=1S/C15H14BrN3O/c1-8-10(16)3-2-4-12(8)18-14-7-13-9(5-11(14)17)6-15(20)19-13/h2-5,7,18H,6,17H2,1H3,(H,19,20). The summed E-state index contributed by atoms with van der Waals surface area (Å²) in [4.78, 5) is 11.4. The monoisotopic (exact) mass is 331 g/mol. The van der Waals surface area contributed by atoms with Gasteiger partial charge < -0.3 is 16.4 Å². The van der Waals surface area contributed by atoms with E-state index in [0.29, 0.717) is 12.1 Å². The largest absolute Gasteiger partial charge is 0.397 e. The van der Waals surface area contributed by atoms with E-state index < -0.39 is 0 Å². The van der Waals surface area contributed by atoms with Gasteiger partial charge in [0.15, 0.2) is 0 Å². The van der Waals surface area contributed by atoms with Crippen molar-refractivity contribution in [3.05, 3.63) is 45.9 Å². The fraction of sp³-hybridized carbons (Fsp3) is 0.133. The van der Waals surface area contributed by atoms with Gasteiger partial charge in [0, 0.05) is 15.8 Å². The van der Waals surface area contributed by atoms with E-state index in [-0.39, 0.29) is 5.91 Å². The molecule has 0 aliphatic carbocycles. The Bertz CT molecular complexity index is 713. The third-order valence-corrected chi connectivity index (χ3v) is 4.30. The second-order valence-corrected chi connectivity index (χ2v) is 5.71. The van der Waals surface area contributed by atoms with Gasteiger partial charge in [0.2, 0.25) is 5.91 Å². The molecule has 0 fully saturated rings. The fourth-order valence-electron chi connectivity index (χ4n) is 2.29. The van der Waals surface area contributed by atoms with Crippen LogP contribution in [0.4, 0.5) is 22.7 Å². The molecule has 0 saturated heterocycles. The predicted molar refractivity (Wildman–Crippen MR) is 85.3 cm³/mol. The maximum atomic E-state index is 11.4. The first-order valence-electron chi connectivity index (χ1n) is 6.29. The maximum absolute atomic E-state index is 11.4. The molecule has 1 amide bonds. The normalized spacial score (nSPS) is 13.0. The SMILES string of the molecule is Cc1c(Br)cccc1Nc1cc2c(cc1N)CC(=O)N2. The van der Waals surface area contributed by atoms with Crippen LogP contribution in [0.2, 0.25) is 0 Å². The lowest BCUT2D eigenvalue weighted by Gasteiger charge is -2.14. The minimum Gasteiger partial charge on any atom is -0.397 e. The van der Waals surface area contributed by atoms with Crippen LogP contribution in [-0.4, -0.2) is 5.91 Å². The highest BCUT2D eigenvalue weighted by Crippen LogP contribution is 2.34. The number of benzene rings is 2. The van der Waals surface area contributed by atoms with Crippen molar-refractivity contribution in [3.8, 4) is 0 Å². The van der Waals surface area contributed by atoms with Crippen LogP contribution in [0.1, 0.15) is 11.1 Å². The summed E-state index contributed by atoms with van der Waals surface area (Å²) in [6.45, 7) is 2.03. The number of fused-ring (bicyclic) bond motifs is 1. The zero-order chi connectivity index (χ0) is 14.3. The zero-order valence-corrected chi connectivity index (χ0v) is 12.5. The Balaban J connectivity index is 1.98. The van der Waals surface area contributed by atoms with Crippen LogP contribution in [0.15, 0.2) is 34.8 Å². The van der Waals surface area contributed by atoms with Gasteiger partial charge in [-0.05, 0) is 42.3 Å². The Hall–Kier alpha value is -2.01. The van der Waals surface area contributed by atoms with Crippen molar-refractivity contribution in [3.63, 3.8) is 0 Å². The number of hydrogen-bond donors (Lipinski definition) is 3. The lowest BCUT2D eigenvalue weighted by molar-refractivity contribution is -0.115. The van der Waals surface area contributed by atoms with E-state index in [0.717, 1.165) is 32.7 Å². The highest BCUT2D eigenvalue weighted by Gasteiger charge is 2.19. The third-order valence-electron chi connectivity index (χ3n) is 3.44. The average molecular weight is 332 g/mol. The lowest BCUT2D eigenvalue weighted by Crippen LogP contribution is -2.03. The molecule has 1 aliphatic rings. The number of nitrogens with one attached hydrogen (secondary N) is 2. The Morgan fingerprint density at radius 3 is 2.90 bits per heavy atom.